The molecule has 4 rings (SSSR count). The molecule has 3 aromatic rings. The molecule has 5 heteroatoms. The van der Waals surface area contributed by atoms with E-state index < -0.39 is 0 Å². The number of nitrogens with zero attached hydrogens (tertiary/aromatic N) is 3. The van der Waals surface area contributed by atoms with Gasteiger partial charge in [-0.3, -0.25) is 9.69 Å². The van der Waals surface area contributed by atoms with E-state index in [9.17, 15) is 4.79 Å². The van der Waals surface area contributed by atoms with E-state index >= 15 is 0 Å². The lowest BCUT2D eigenvalue weighted by atomic mass is 9.99. The Morgan fingerprint density at radius 3 is 2.67 bits per heavy atom. The van der Waals surface area contributed by atoms with Crippen LogP contribution >= 0.6 is 0 Å². The number of aromatic nitrogens is 2. The van der Waals surface area contributed by atoms with Crippen LogP contribution in [0.5, 0.6) is 0 Å². The van der Waals surface area contributed by atoms with E-state index in [1.807, 2.05) is 35.0 Å². The molecule has 1 N–H and O–H groups in total. The first-order valence-corrected chi connectivity index (χ1v) is 9.38. The number of nitrogens with one attached hydrogen (secondary N) is 1. The monoisotopic (exact) mass is 360 g/mol. The Morgan fingerprint density at radius 1 is 1.15 bits per heavy atom. The van der Waals surface area contributed by atoms with Gasteiger partial charge < -0.3 is 9.88 Å². The van der Waals surface area contributed by atoms with Crippen molar-refractivity contribution in [1.29, 1.82) is 0 Å². The fourth-order valence-electron chi connectivity index (χ4n) is 3.56. The maximum atomic E-state index is 12.5. The summed E-state index contributed by atoms with van der Waals surface area (Å²) < 4.78 is 1.91. The summed E-state index contributed by atoms with van der Waals surface area (Å²) in [5.74, 6) is -0.0311. The number of carbonyl (C=O) groups is 1. The molecule has 1 unspecified atom stereocenters. The van der Waals surface area contributed by atoms with Crippen LogP contribution < -0.4 is 5.32 Å². The first-order valence-electron chi connectivity index (χ1n) is 9.38. The molecule has 1 aliphatic rings. The van der Waals surface area contributed by atoms with Crippen molar-refractivity contribution in [3.63, 3.8) is 0 Å². The number of rotatable bonds is 5. The molecule has 1 atom stereocenters. The molecule has 0 saturated heterocycles. The highest BCUT2D eigenvalue weighted by Crippen LogP contribution is 2.20. The smallest absolute Gasteiger partial charge is 0.251 e. The van der Waals surface area contributed by atoms with E-state index in [2.05, 4.69) is 46.4 Å². The van der Waals surface area contributed by atoms with Crippen molar-refractivity contribution < 1.29 is 4.79 Å². The number of imidazole rings is 1. The Morgan fingerprint density at radius 2 is 1.93 bits per heavy atom. The zero-order valence-electron chi connectivity index (χ0n) is 15.5. The van der Waals surface area contributed by atoms with Crippen LogP contribution in [0.15, 0.2) is 67.3 Å². The molecule has 1 aromatic heterocycles. The van der Waals surface area contributed by atoms with Gasteiger partial charge in [-0.25, -0.2) is 4.98 Å². The highest BCUT2D eigenvalue weighted by atomic mass is 16.1. The van der Waals surface area contributed by atoms with Crippen LogP contribution in [0, 0.1) is 0 Å². The average molecular weight is 360 g/mol. The van der Waals surface area contributed by atoms with E-state index in [1.165, 1.54) is 11.1 Å². The van der Waals surface area contributed by atoms with Crippen molar-refractivity contribution in [3.8, 4) is 5.69 Å². The molecule has 0 radical (unpaired) electrons. The van der Waals surface area contributed by atoms with Crippen LogP contribution in [0.25, 0.3) is 5.69 Å². The Kier molecular flexibility index (Phi) is 5.03. The second kappa shape index (κ2) is 7.76. The summed E-state index contributed by atoms with van der Waals surface area (Å²) in [5, 5.41) is 3.07. The molecule has 2 aromatic carbocycles. The van der Waals surface area contributed by atoms with Crippen molar-refractivity contribution in [3.05, 3.63) is 83.9 Å². The lowest BCUT2D eigenvalue weighted by Crippen LogP contribution is -2.44. The molecule has 2 heterocycles. The number of benzene rings is 2. The number of hydrogen-bond donors (Lipinski definition) is 1. The highest BCUT2D eigenvalue weighted by molar-refractivity contribution is 5.94. The van der Waals surface area contributed by atoms with Gasteiger partial charge in [0.05, 0.1) is 6.33 Å². The minimum absolute atomic E-state index is 0.0311. The fourth-order valence-corrected chi connectivity index (χ4v) is 3.56. The largest absolute Gasteiger partial charge is 0.350 e. The Hall–Kier alpha value is -2.92. The number of fused-ring (bicyclic) bond motifs is 1. The van der Waals surface area contributed by atoms with Gasteiger partial charge in [0.2, 0.25) is 0 Å². The SMILES string of the molecule is CC(CNC(=O)c1ccc(-n2ccnc2)cc1)N1CCc2ccccc2C1. The Labute approximate surface area is 159 Å². The molecule has 0 saturated carbocycles. The standard InChI is InChI=1S/C22H24N4O/c1-17(25-12-10-18-4-2-3-5-20(18)15-25)14-24-22(27)19-6-8-21(9-7-19)26-13-11-23-16-26/h2-9,11,13,16-17H,10,12,14-15H2,1H3,(H,24,27). The van der Waals surface area contributed by atoms with Gasteiger partial charge in [0, 0.05) is 49.3 Å². The lowest BCUT2D eigenvalue weighted by molar-refractivity contribution is 0.0932. The normalized spacial score (nSPS) is 15.1. The van der Waals surface area contributed by atoms with E-state index in [1.54, 1.807) is 12.5 Å². The highest BCUT2D eigenvalue weighted by Gasteiger charge is 2.20. The van der Waals surface area contributed by atoms with Crippen molar-refractivity contribution in [2.75, 3.05) is 13.1 Å². The molecule has 138 valence electrons. The van der Waals surface area contributed by atoms with Gasteiger partial charge in [0.15, 0.2) is 0 Å². The summed E-state index contributed by atoms with van der Waals surface area (Å²) in [6, 6.07) is 16.5. The van der Waals surface area contributed by atoms with Crippen LogP contribution in [0.4, 0.5) is 0 Å². The van der Waals surface area contributed by atoms with Gasteiger partial charge in [-0.1, -0.05) is 24.3 Å². The Bertz CT molecular complexity index is 902. The second-order valence-electron chi connectivity index (χ2n) is 7.07. The van der Waals surface area contributed by atoms with Gasteiger partial charge >= 0.3 is 0 Å². The average Bonchev–Trinajstić information content (AvgIpc) is 3.26. The van der Waals surface area contributed by atoms with Gasteiger partial charge in [-0.15, -0.1) is 0 Å². The van der Waals surface area contributed by atoms with Crippen LogP contribution in [0.1, 0.15) is 28.4 Å². The summed E-state index contributed by atoms with van der Waals surface area (Å²) in [4.78, 5) is 19.0. The van der Waals surface area contributed by atoms with Crippen LogP contribution in [-0.4, -0.2) is 39.5 Å². The van der Waals surface area contributed by atoms with E-state index in [4.69, 9.17) is 0 Å². The predicted molar refractivity (Wildman–Crippen MR) is 106 cm³/mol. The molecular weight excluding hydrogens is 336 g/mol. The summed E-state index contributed by atoms with van der Waals surface area (Å²) in [6.45, 7) is 4.81. The third-order valence-electron chi connectivity index (χ3n) is 5.27. The van der Waals surface area contributed by atoms with E-state index in [0.29, 0.717) is 18.2 Å². The van der Waals surface area contributed by atoms with Gasteiger partial charge in [0.25, 0.3) is 5.91 Å². The number of hydrogen-bond acceptors (Lipinski definition) is 3. The maximum Gasteiger partial charge on any atom is 0.251 e. The fraction of sp³-hybridized carbons (Fsp3) is 0.273. The summed E-state index contributed by atoms with van der Waals surface area (Å²) in [5.41, 5.74) is 4.51. The minimum atomic E-state index is -0.0311. The third-order valence-corrected chi connectivity index (χ3v) is 5.27. The van der Waals surface area contributed by atoms with Crippen LogP contribution in [-0.2, 0) is 13.0 Å². The third kappa shape index (κ3) is 3.93. The molecule has 5 nitrogen and oxygen atoms in total. The van der Waals surface area contributed by atoms with Crippen molar-refractivity contribution in [2.24, 2.45) is 0 Å². The van der Waals surface area contributed by atoms with Crippen molar-refractivity contribution in [1.82, 2.24) is 19.8 Å². The molecular formula is C22H24N4O. The first kappa shape index (κ1) is 17.5. The van der Waals surface area contributed by atoms with E-state index in [-0.39, 0.29) is 5.91 Å². The summed E-state index contributed by atoms with van der Waals surface area (Å²) in [7, 11) is 0. The Balaban J connectivity index is 1.32. The van der Waals surface area contributed by atoms with Gasteiger partial charge in [0.1, 0.15) is 0 Å². The summed E-state index contributed by atoms with van der Waals surface area (Å²) >= 11 is 0. The van der Waals surface area contributed by atoms with Gasteiger partial charge in [-0.05, 0) is 48.7 Å². The molecule has 1 amide bonds. The zero-order chi connectivity index (χ0) is 18.6. The molecule has 0 spiro atoms. The number of amides is 1. The quantitative estimate of drug-likeness (QED) is 0.761. The van der Waals surface area contributed by atoms with Crippen molar-refractivity contribution >= 4 is 5.91 Å². The second-order valence-corrected chi connectivity index (χ2v) is 7.07. The van der Waals surface area contributed by atoms with Crippen molar-refractivity contribution in [2.45, 2.75) is 25.9 Å². The summed E-state index contributed by atoms with van der Waals surface area (Å²) in [6.07, 6.45) is 6.44. The molecule has 0 fully saturated rings. The van der Waals surface area contributed by atoms with Crippen LogP contribution in [0.3, 0.4) is 0 Å². The topological polar surface area (TPSA) is 50.2 Å². The lowest BCUT2D eigenvalue weighted by Gasteiger charge is -2.33. The number of carbonyl (C=O) groups excluding carboxylic acids is 1. The predicted octanol–water partition coefficient (Wildman–Crippen LogP) is 3.05. The maximum absolute atomic E-state index is 12.5. The van der Waals surface area contributed by atoms with Gasteiger partial charge in [-0.2, -0.15) is 0 Å². The molecule has 0 bridgehead atoms. The minimum Gasteiger partial charge on any atom is -0.350 e. The first-order chi connectivity index (χ1) is 13.2. The molecule has 0 aliphatic carbocycles. The molecule has 1 aliphatic heterocycles. The van der Waals surface area contributed by atoms with Crippen LogP contribution in [0.2, 0.25) is 0 Å². The van der Waals surface area contributed by atoms with E-state index in [0.717, 1.165) is 25.2 Å². The zero-order valence-corrected chi connectivity index (χ0v) is 15.5. The molecule has 27 heavy (non-hydrogen) atoms.